The van der Waals surface area contributed by atoms with E-state index in [-0.39, 0.29) is 29.9 Å². The number of thiazole rings is 1. The molecule has 4 heterocycles. The molecule has 1 saturated heterocycles. The molecule has 1 N–H and O–H groups in total. The van der Waals surface area contributed by atoms with Crippen molar-refractivity contribution in [2.24, 2.45) is 11.8 Å². The monoisotopic (exact) mass is 589 g/mol. The van der Waals surface area contributed by atoms with Crippen LogP contribution in [0, 0.1) is 18.8 Å². The smallest absolute Gasteiger partial charge is 0.457 e. The molecule has 1 fully saturated rings. The van der Waals surface area contributed by atoms with Crippen LogP contribution >= 0.6 is 11.3 Å². The number of hydrogen-bond donors (Lipinski definition) is 1. The second-order valence-electron chi connectivity index (χ2n) is 9.80. The van der Waals surface area contributed by atoms with E-state index < -0.39 is 45.9 Å². The lowest BCUT2D eigenvalue weighted by Gasteiger charge is -2.46. The molecule has 0 bridgehead atoms. The predicted octanol–water partition coefficient (Wildman–Crippen LogP) is 2.44. The number of fused-ring (bicyclic) bond motifs is 2. The molecule has 12 nitrogen and oxygen atoms in total. The number of sulfone groups is 1. The fraction of sp³-hybridized carbons (Fsp3) is 0.385. The number of aliphatic hydroxyl groups excluding tert-OH is 1. The van der Waals surface area contributed by atoms with E-state index in [9.17, 15) is 27.9 Å². The molecule has 1 aromatic carbocycles. The molecule has 2 aromatic heterocycles. The Kier molecular flexibility index (Phi) is 7.18. The van der Waals surface area contributed by atoms with E-state index in [2.05, 4.69) is 4.98 Å². The van der Waals surface area contributed by atoms with Crippen LogP contribution in [0.2, 0.25) is 0 Å². The lowest BCUT2D eigenvalue weighted by molar-refractivity contribution is -0.164. The molecular weight excluding hydrogens is 562 g/mol. The largest absolute Gasteiger partial charge is 0.513 e. The first-order valence-corrected chi connectivity index (χ1v) is 15.1. The third-order valence-corrected chi connectivity index (χ3v) is 9.16. The first kappa shape index (κ1) is 27.8. The zero-order valence-electron chi connectivity index (χ0n) is 22.1. The summed E-state index contributed by atoms with van der Waals surface area (Å²) in [6.45, 7) is 4.63. The SMILES string of the molecule is Cc1cccc(OC(=O)OCCOC(=O)C2=C(c3cn4cnc(S(C)(=O)=O)c4s3)[C@H](C)[C@@H]3[C@@H]([C@@H](C)O)C(=O)N23)c1. The number of carbonyl (C=O) groups excluding carboxylic acids is 3. The first-order valence-electron chi connectivity index (χ1n) is 12.4. The Morgan fingerprint density at radius 1 is 1.23 bits per heavy atom. The molecule has 2 aliphatic rings. The number of esters is 1. The van der Waals surface area contributed by atoms with Gasteiger partial charge in [-0.05, 0) is 31.5 Å². The molecule has 0 spiro atoms. The zero-order valence-corrected chi connectivity index (χ0v) is 23.7. The highest BCUT2D eigenvalue weighted by molar-refractivity contribution is 7.91. The Morgan fingerprint density at radius 2 is 1.95 bits per heavy atom. The molecule has 3 aromatic rings. The second kappa shape index (κ2) is 10.3. The van der Waals surface area contributed by atoms with Crippen LogP contribution in [0.3, 0.4) is 0 Å². The predicted molar refractivity (Wildman–Crippen MR) is 142 cm³/mol. The Hall–Kier alpha value is -3.75. The number of aliphatic hydroxyl groups is 1. The van der Waals surface area contributed by atoms with E-state index in [4.69, 9.17) is 14.2 Å². The van der Waals surface area contributed by atoms with Crippen molar-refractivity contribution >= 4 is 49.6 Å². The molecule has 2 aliphatic heterocycles. The number of β-lactam (4-membered cyclic amide) rings is 1. The fourth-order valence-corrected chi connectivity index (χ4v) is 7.52. The molecule has 14 heteroatoms. The molecule has 212 valence electrons. The summed E-state index contributed by atoms with van der Waals surface area (Å²) in [7, 11) is -3.60. The summed E-state index contributed by atoms with van der Waals surface area (Å²) in [5.41, 5.74) is 1.41. The van der Waals surface area contributed by atoms with Crippen molar-refractivity contribution in [3.05, 3.63) is 52.9 Å². The van der Waals surface area contributed by atoms with Crippen molar-refractivity contribution in [2.75, 3.05) is 19.5 Å². The second-order valence-corrected chi connectivity index (χ2v) is 12.8. The number of rotatable bonds is 8. The third-order valence-electron chi connectivity index (χ3n) is 6.89. The van der Waals surface area contributed by atoms with Crippen molar-refractivity contribution in [1.82, 2.24) is 14.3 Å². The summed E-state index contributed by atoms with van der Waals surface area (Å²) in [5, 5.41) is 10.1. The molecule has 0 radical (unpaired) electrons. The van der Waals surface area contributed by atoms with Crippen molar-refractivity contribution in [3.8, 4) is 5.75 Å². The molecular formula is C26H27N3O9S2. The zero-order chi connectivity index (χ0) is 28.9. The van der Waals surface area contributed by atoms with E-state index in [1.165, 1.54) is 18.2 Å². The maximum Gasteiger partial charge on any atom is 0.513 e. The van der Waals surface area contributed by atoms with Crippen molar-refractivity contribution in [3.63, 3.8) is 0 Å². The lowest BCUT2D eigenvalue weighted by atomic mass is 9.77. The summed E-state index contributed by atoms with van der Waals surface area (Å²) in [4.78, 5) is 44.5. The third kappa shape index (κ3) is 4.86. The highest BCUT2D eigenvalue weighted by atomic mass is 32.2. The van der Waals surface area contributed by atoms with Crippen LogP contribution in [0.25, 0.3) is 10.4 Å². The summed E-state index contributed by atoms with van der Waals surface area (Å²) >= 11 is 1.13. The van der Waals surface area contributed by atoms with Gasteiger partial charge in [0.05, 0.1) is 22.9 Å². The Balaban J connectivity index is 1.36. The maximum absolute atomic E-state index is 13.3. The molecule has 0 saturated carbocycles. The minimum atomic E-state index is -3.60. The number of hydrogen-bond acceptors (Lipinski definition) is 11. The van der Waals surface area contributed by atoms with Crippen LogP contribution in [-0.2, 0) is 28.9 Å². The van der Waals surface area contributed by atoms with Gasteiger partial charge in [-0.15, -0.1) is 11.3 Å². The Morgan fingerprint density at radius 3 is 2.62 bits per heavy atom. The molecule has 5 rings (SSSR count). The molecule has 0 unspecified atom stereocenters. The van der Waals surface area contributed by atoms with Gasteiger partial charge in [0.2, 0.25) is 5.91 Å². The lowest BCUT2D eigenvalue weighted by Crippen LogP contribution is -2.63. The minimum absolute atomic E-state index is 0.0140. The number of aryl methyl sites for hydroxylation is 1. The van der Waals surface area contributed by atoms with Gasteiger partial charge in [0.25, 0.3) is 0 Å². The van der Waals surface area contributed by atoms with Gasteiger partial charge in [-0.25, -0.2) is 23.0 Å². The van der Waals surface area contributed by atoms with Gasteiger partial charge in [0.15, 0.2) is 14.9 Å². The van der Waals surface area contributed by atoms with Gasteiger partial charge in [-0.1, -0.05) is 19.1 Å². The topological polar surface area (TPSA) is 154 Å². The summed E-state index contributed by atoms with van der Waals surface area (Å²) in [6.07, 6.45) is 2.19. The quantitative estimate of drug-likeness (QED) is 0.179. The van der Waals surface area contributed by atoms with Gasteiger partial charge < -0.3 is 24.2 Å². The average molecular weight is 590 g/mol. The van der Waals surface area contributed by atoms with Crippen LogP contribution in [-0.4, -0.2) is 77.5 Å². The normalized spacial score (nSPS) is 21.3. The van der Waals surface area contributed by atoms with E-state index in [1.54, 1.807) is 28.8 Å². The average Bonchev–Trinajstić information content (AvgIpc) is 3.50. The van der Waals surface area contributed by atoms with E-state index in [0.717, 1.165) is 23.2 Å². The molecule has 0 aliphatic carbocycles. The first-order chi connectivity index (χ1) is 18.9. The van der Waals surface area contributed by atoms with Crippen molar-refractivity contribution in [2.45, 2.75) is 37.9 Å². The van der Waals surface area contributed by atoms with Gasteiger partial charge in [0.1, 0.15) is 35.8 Å². The molecule has 40 heavy (non-hydrogen) atoms. The molecule has 4 atom stereocenters. The minimum Gasteiger partial charge on any atom is -0.457 e. The van der Waals surface area contributed by atoms with Crippen LogP contribution in [0.5, 0.6) is 5.75 Å². The number of nitrogens with zero attached hydrogens (tertiary/aromatic N) is 3. The standard InChI is InChI=1S/C26H27N3O9S2/c1-13-6-5-7-16(10-13)38-26(33)37-9-8-36-25(32)21-18(14(2)20-19(15(3)30)23(31)29(20)21)17-11-28-12-27-22(24(28)39-17)40(4,34)35/h5-7,10-12,14-15,19-20,30H,8-9H2,1-4H3/t14-,15+,19+,20+/m0/s1. The number of benzene rings is 1. The van der Waals surface area contributed by atoms with Gasteiger partial charge in [-0.2, -0.15) is 0 Å². The Bertz CT molecular complexity index is 1650. The van der Waals surface area contributed by atoms with Crippen LogP contribution in [0.4, 0.5) is 4.79 Å². The van der Waals surface area contributed by atoms with Crippen LogP contribution in [0.1, 0.15) is 24.3 Å². The summed E-state index contributed by atoms with van der Waals surface area (Å²) in [5.74, 6) is -1.97. The number of amides is 1. The highest BCUT2D eigenvalue weighted by Crippen LogP contribution is 2.51. The van der Waals surface area contributed by atoms with Crippen LogP contribution in [0.15, 0.2) is 47.5 Å². The van der Waals surface area contributed by atoms with E-state index >= 15 is 0 Å². The number of aromatic nitrogens is 2. The summed E-state index contributed by atoms with van der Waals surface area (Å²) in [6, 6.07) is 6.37. The van der Waals surface area contributed by atoms with E-state index in [0.29, 0.717) is 21.0 Å². The summed E-state index contributed by atoms with van der Waals surface area (Å²) < 4.78 is 41.4. The maximum atomic E-state index is 13.3. The van der Waals surface area contributed by atoms with Gasteiger partial charge >= 0.3 is 12.1 Å². The fourth-order valence-electron chi connectivity index (χ4n) is 5.17. The van der Waals surface area contributed by atoms with Gasteiger partial charge in [-0.3, -0.25) is 9.20 Å². The number of carbonyl (C=O) groups is 3. The highest BCUT2D eigenvalue weighted by Gasteiger charge is 2.60. The van der Waals surface area contributed by atoms with Gasteiger partial charge in [0, 0.05) is 23.9 Å². The van der Waals surface area contributed by atoms with Crippen molar-refractivity contribution < 1.29 is 42.1 Å². The van der Waals surface area contributed by atoms with Crippen molar-refractivity contribution in [1.29, 1.82) is 0 Å². The number of ether oxygens (including phenoxy) is 3. The van der Waals surface area contributed by atoms with E-state index in [1.807, 2.05) is 19.9 Å². The Labute approximate surface area is 233 Å². The number of imidazole rings is 1. The van der Waals surface area contributed by atoms with Crippen LogP contribution < -0.4 is 4.74 Å². The molecule has 1 amide bonds.